The van der Waals surface area contributed by atoms with E-state index in [-0.39, 0.29) is 18.9 Å². The van der Waals surface area contributed by atoms with Crippen molar-refractivity contribution in [2.24, 2.45) is 0 Å². The van der Waals surface area contributed by atoms with Crippen LogP contribution in [0.4, 0.5) is 0 Å². The Kier molecular flexibility index (Phi) is 65.8. The van der Waals surface area contributed by atoms with Crippen LogP contribution in [0.2, 0.25) is 0 Å². The molecule has 14 nitrogen and oxygen atoms in total. The molecule has 2 fully saturated rings. The minimum atomic E-state index is -1.80. The molecule has 0 aliphatic carbocycles. The lowest BCUT2D eigenvalue weighted by molar-refractivity contribution is -0.359. The van der Waals surface area contributed by atoms with Crippen LogP contribution in [0.25, 0.3) is 0 Å². The van der Waals surface area contributed by atoms with Crippen LogP contribution in [-0.2, 0) is 23.7 Å². The molecule has 2 saturated heterocycles. The van der Waals surface area contributed by atoms with Gasteiger partial charge in [0.05, 0.1) is 32.0 Å². The Morgan fingerprint density at radius 1 is 0.356 bits per heavy atom. The van der Waals surface area contributed by atoms with Gasteiger partial charge >= 0.3 is 0 Å². The second-order valence-electron chi connectivity index (χ2n) is 28.5. The summed E-state index contributed by atoms with van der Waals surface area (Å²) in [6.07, 6.45) is 93.2. The first-order valence-corrected chi connectivity index (χ1v) is 41.7. The van der Waals surface area contributed by atoms with Gasteiger partial charge in [0.15, 0.2) is 12.6 Å². The zero-order chi connectivity index (χ0) is 75.1. The minimum absolute atomic E-state index is 0.250. The van der Waals surface area contributed by atoms with Crippen molar-refractivity contribution in [1.29, 1.82) is 0 Å². The first-order chi connectivity index (χ1) is 51.1. The molecule has 0 bridgehead atoms. The molecule has 594 valence electrons. The van der Waals surface area contributed by atoms with Crippen molar-refractivity contribution in [3.8, 4) is 0 Å². The van der Waals surface area contributed by atoms with E-state index in [1.165, 1.54) is 154 Å². The van der Waals surface area contributed by atoms with E-state index in [1.807, 2.05) is 6.08 Å². The fourth-order valence-corrected chi connectivity index (χ4v) is 12.6. The van der Waals surface area contributed by atoms with Gasteiger partial charge in [-0.2, -0.15) is 0 Å². The molecule has 0 saturated carbocycles. The number of ether oxygens (including phenoxy) is 4. The van der Waals surface area contributed by atoms with Crippen LogP contribution in [0.3, 0.4) is 0 Å². The lowest BCUT2D eigenvalue weighted by atomic mass is 9.97. The number of unbranched alkanes of at least 4 members (excludes halogenated alkanes) is 31. The number of hydrogen-bond acceptors (Lipinski definition) is 13. The molecular formula is C90H151NO13. The van der Waals surface area contributed by atoms with Gasteiger partial charge in [-0.05, 0) is 122 Å². The molecule has 104 heavy (non-hydrogen) atoms. The van der Waals surface area contributed by atoms with Crippen LogP contribution in [0.15, 0.2) is 158 Å². The summed E-state index contributed by atoms with van der Waals surface area (Å²) in [5, 5.41) is 87.7. The van der Waals surface area contributed by atoms with Crippen LogP contribution in [0.5, 0.6) is 0 Å². The van der Waals surface area contributed by atoms with E-state index < -0.39 is 86.8 Å². The number of aliphatic hydroxyl groups is 8. The van der Waals surface area contributed by atoms with E-state index in [1.54, 1.807) is 6.08 Å². The molecular weight excluding hydrogens is 1300 g/mol. The number of carbonyl (C=O) groups excluding carboxylic acids is 1. The van der Waals surface area contributed by atoms with Crippen LogP contribution < -0.4 is 5.32 Å². The van der Waals surface area contributed by atoms with E-state index in [0.29, 0.717) is 12.8 Å². The van der Waals surface area contributed by atoms with Gasteiger partial charge in [0.1, 0.15) is 48.8 Å². The first-order valence-electron chi connectivity index (χ1n) is 41.7. The Balaban J connectivity index is 1.65. The van der Waals surface area contributed by atoms with E-state index in [9.17, 15) is 45.6 Å². The smallest absolute Gasteiger partial charge is 0.220 e. The number of aliphatic hydroxyl groups excluding tert-OH is 8. The lowest BCUT2D eigenvalue weighted by Gasteiger charge is -2.46. The Morgan fingerprint density at radius 2 is 0.673 bits per heavy atom. The topological polar surface area (TPSA) is 228 Å². The average Bonchev–Trinajstić information content (AvgIpc) is 0.791. The molecule has 0 aromatic carbocycles. The highest BCUT2D eigenvalue weighted by atomic mass is 16.7. The fourth-order valence-electron chi connectivity index (χ4n) is 12.6. The van der Waals surface area contributed by atoms with Gasteiger partial charge in [-0.1, -0.05) is 339 Å². The molecule has 12 unspecified atom stereocenters. The summed E-state index contributed by atoms with van der Waals surface area (Å²) in [6, 6.07) is -0.957. The Morgan fingerprint density at radius 3 is 1.06 bits per heavy atom. The summed E-state index contributed by atoms with van der Waals surface area (Å²) in [5.41, 5.74) is 0. The Hall–Kier alpha value is -4.39. The van der Waals surface area contributed by atoms with E-state index >= 15 is 0 Å². The highest BCUT2D eigenvalue weighted by Gasteiger charge is 2.51. The molecule has 0 aromatic rings. The quantitative estimate of drug-likeness (QED) is 0.0204. The molecule has 2 aliphatic heterocycles. The normalized spacial score (nSPS) is 22.3. The number of allylic oxidation sites excluding steroid dienone is 25. The van der Waals surface area contributed by atoms with Gasteiger partial charge in [0, 0.05) is 6.42 Å². The number of hydrogen-bond donors (Lipinski definition) is 9. The van der Waals surface area contributed by atoms with Crippen LogP contribution >= 0.6 is 0 Å². The summed E-state index contributed by atoms with van der Waals surface area (Å²) < 4.78 is 22.9. The van der Waals surface area contributed by atoms with Gasteiger partial charge in [-0.15, -0.1) is 0 Å². The van der Waals surface area contributed by atoms with Crippen molar-refractivity contribution >= 4 is 5.91 Å². The van der Waals surface area contributed by atoms with Crippen molar-refractivity contribution in [2.45, 2.75) is 383 Å². The third-order valence-corrected chi connectivity index (χ3v) is 19.2. The number of nitrogens with one attached hydrogen (secondary N) is 1. The standard InChI is InChI=1S/C90H151NO13/c1-3-5-7-9-11-13-15-17-19-21-23-25-27-29-31-33-35-36-37-38-39-40-41-42-44-46-48-50-52-54-56-58-60-62-64-66-68-70-72-74-82(95)91-78(77-101-89-87(100)85(98)88(81(76-93)103-89)104-90-86(99)84(97)83(96)80(75-92)102-90)79(94)73-71-69-67-65-63-61-59-57-55-53-51-49-47-45-43-34-32-30-28-26-24-22-20-18-16-14-12-10-8-6-4-2/h5,7,11,13,17,19,23,25,29,31,35-36,38-39,41-42,46,48,52,54-55,57,63,65,71,73,78-81,83-90,92-94,96-100H,3-4,6,8-10,12,14-16,18,20-22,24,26-28,30,32-34,37,40,43-45,47,49-51,53,56,58-62,64,66-70,72,74-77H2,1-2H3,(H,91,95)/b7-5-,13-11-,19-17-,25-23-,31-29-,36-35-,39-38-,42-41-,48-46-,54-52-,57-55+,65-63+,73-71+. The van der Waals surface area contributed by atoms with E-state index in [4.69, 9.17) is 18.9 Å². The van der Waals surface area contributed by atoms with Gasteiger partial charge in [0.2, 0.25) is 5.91 Å². The molecule has 1 amide bonds. The van der Waals surface area contributed by atoms with Gasteiger partial charge in [-0.3, -0.25) is 4.79 Å². The van der Waals surface area contributed by atoms with Gasteiger partial charge < -0.3 is 65.1 Å². The monoisotopic (exact) mass is 1450 g/mol. The molecule has 12 atom stereocenters. The molecule has 2 aliphatic rings. The third-order valence-electron chi connectivity index (χ3n) is 19.2. The molecule has 2 heterocycles. The van der Waals surface area contributed by atoms with E-state index in [2.05, 4.69) is 165 Å². The predicted molar refractivity (Wildman–Crippen MR) is 433 cm³/mol. The second kappa shape index (κ2) is 71.5. The lowest BCUT2D eigenvalue weighted by Crippen LogP contribution is -2.65. The fraction of sp³-hybridized carbons (Fsp3) is 0.700. The molecule has 0 aromatic heterocycles. The zero-order valence-corrected chi connectivity index (χ0v) is 65.2. The van der Waals surface area contributed by atoms with Gasteiger partial charge in [0.25, 0.3) is 0 Å². The number of rotatable bonds is 68. The third kappa shape index (κ3) is 53.4. The molecule has 2 rings (SSSR count). The van der Waals surface area contributed by atoms with Crippen molar-refractivity contribution in [2.75, 3.05) is 19.8 Å². The maximum atomic E-state index is 13.4. The van der Waals surface area contributed by atoms with Crippen molar-refractivity contribution < 1.29 is 64.6 Å². The van der Waals surface area contributed by atoms with Crippen LogP contribution in [-0.4, -0.2) is 140 Å². The van der Waals surface area contributed by atoms with E-state index in [0.717, 1.165) is 122 Å². The zero-order valence-electron chi connectivity index (χ0n) is 65.2. The molecule has 0 spiro atoms. The first kappa shape index (κ1) is 95.7. The number of amides is 1. The van der Waals surface area contributed by atoms with Gasteiger partial charge in [-0.25, -0.2) is 0 Å². The summed E-state index contributed by atoms with van der Waals surface area (Å²) in [5.74, 6) is -0.266. The SMILES string of the molecule is CC/C=C\C/C=C\C/C=C\C/C=C\C/C=C\C/C=C\C/C=C\C/C=C\C/C=C\C/C=C\CCCCCCCCCCC(=O)NC(COC1OC(CO)C(OC2OC(CO)C(O)C(O)C2O)C(O)C1O)C(O)/C=C/CC/C=C/CC/C=C/CCCCCCCCCCCCCCCCCCCCCCC. The predicted octanol–water partition coefficient (Wildman–Crippen LogP) is 19.7. The average molecular weight is 1460 g/mol. The van der Waals surface area contributed by atoms with Crippen molar-refractivity contribution in [3.05, 3.63) is 158 Å². The summed E-state index contributed by atoms with van der Waals surface area (Å²) in [4.78, 5) is 13.4. The highest BCUT2D eigenvalue weighted by molar-refractivity contribution is 5.76. The maximum Gasteiger partial charge on any atom is 0.220 e. The Bertz CT molecular complexity index is 2370. The largest absolute Gasteiger partial charge is 0.394 e. The summed E-state index contributed by atoms with van der Waals surface area (Å²) in [6.45, 7) is 2.68. The Labute approximate surface area is 633 Å². The van der Waals surface area contributed by atoms with Crippen LogP contribution in [0.1, 0.15) is 309 Å². The minimum Gasteiger partial charge on any atom is -0.394 e. The van der Waals surface area contributed by atoms with Crippen LogP contribution in [0, 0.1) is 0 Å². The van der Waals surface area contributed by atoms with Crippen molar-refractivity contribution in [3.63, 3.8) is 0 Å². The second-order valence-corrected chi connectivity index (χ2v) is 28.5. The highest BCUT2D eigenvalue weighted by Crippen LogP contribution is 2.30. The summed E-state index contributed by atoms with van der Waals surface area (Å²) >= 11 is 0. The summed E-state index contributed by atoms with van der Waals surface area (Å²) in [7, 11) is 0. The molecule has 0 radical (unpaired) electrons. The number of carbonyl (C=O) groups is 1. The molecule has 14 heteroatoms. The molecule has 9 N–H and O–H groups in total. The maximum absolute atomic E-state index is 13.4. The van der Waals surface area contributed by atoms with Crippen molar-refractivity contribution in [1.82, 2.24) is 5.32 Å².